The number of ether oxygens (including phenoxy) is 1. The summed E-state index contributed by atoms with van der Waals surface area (Å²) in [6.07, 6.45) is -3.90. The first-order valence-corrected chi connectivity index (χ1v) is 6.09. The Morgan fingerprint density at radius 3 is 2.50 bits per heavy atom. The Morgan fingerprint density at radius 2 is 2.00 bits per heavy atom. The van der Waals surface area contributed by atoms with Crippen molar-refractivity contribution in [2.75, 3.05) is 6.61 Å². The summed E-state index contributed by atoms with van der Waals surface area (Å²) in [4.78, 5) is 10.5. The Labute approximate surface area is 105 Å². The number of halogens is 1. The largest absolute Gasteiger partial charge is 0.397 e. The van der Waals surface area contributed by atoms with Crippen LogP contribution in [0.5, 0.6) is 0 Å². The topological polar surface area (TPSA) is 99.0 Å². The first-order chi connectivity index (χ1) is 8.51. The van der Waals surface area contributed by atoms with Gasteiger partial charge in [0.25, 0.3) is 0 Å². The fourth-order valence-corrected chi connectivity index (χ4v) is 2.16. The van der Waals surface area contributed by atoms with Gasteiger partial charge in [0.2, 0.25) is 0 Å². The van der Waals surface area contributed by atoms with Crippen molar-refractivity contribution in [1.82, 2.24) is 5.32 Å². The zero-order chi connectivity index (χ0) is 13.7. The molecular weight excluding hydrogens is 245 g/mol. The van der Waals surface area contributed by atoms with Gasteiger partial charge in [0.1, 0.15) is 18.3 Å². The number of amides is 1. The average Bonchev–Trinajstić information content (AvgIpc) is 2.33. The molecule has 7 heteroatoms. The Hall–Kier alpha value is -0.760. The lowest BCUT2D eigenvalue weighted by atomic mass is 9.90. The van der Waals surface area contributed by atoms with Gasteiger partial charge in [-0.15, -0.1) is 4.39 Å². The van der Waals surface area contributed by atoms with E-state index in [2.05, 4.69) is 0 Å². The smallest absolute Gasteiger partial charge is 0.394 e. The number of carbonyl (C=O) groups is 1. The van der Waals surface area contributed by atoms with Crippen molar-refractivity contribution in [2.24, 2.45) is 0 Å². The van der Waals surface area contributed by atoms with E-state index in [0.717, 1.165) is 12.8 Å². The van der Waals surface area contributed by atoms with Crippen LogP contribution >= 0.6 is 0 Å². The van der Waals surface area contributed by atoms with Gasteiger partial charge in [-0.3, -0.25) is 0 Å². The van der Waals surface area contributed by atoms with Gasteiger partial charge < -0.3 is 25.4 Å². The van der Waals surface area contributed by atoms with E-state index < -0.39 is 43.2 Å². The summed E-state index contributed by atoms with van der Waals surface area (Å²) in [5.74, 6) is 0. The Morgan fingerprint density at radius 1 is 1.33 bits per heavy atom. The number of aliphatic hydroxyl groups excluding tert-OH is 3. The van der Waals surface area contributed by atoms with E-state index in [-0.39, 0.29) is 0 Å². The third kappa shape index (κ3) is 3.61. The summed E-state index contributed by atoms with van der Waals surface area (Å²) in [7, 11) is 0. The fourth-order valence-electron chi connectivity index (χ4n) is 2.16. The highest BCUT2D eigenvalue weighted by molar-refractivity contribution is 5.66. The maximum Gasteiger partial charge on any atom is 0.397 e. The van der Waals surface area contributed by atoms with Gasteiger partial charge in [-0.25, -0.2) is 4.79 Å². The lowest BCUT2D eigenvalue weighted by molar-refractivity contribution is -0.194. The highest BCUT2D eigenvalue weighted by Gasteiger charge is 2.44. The van der Waals surface area contributed by atoms with Crippen LogP contribution in [0.25, 0.3) is 0 Å². The summed E-state index contributed by atoms with van der Waals surface area (Å²) in [5, 5.41) is 30.5. The molecule has 1 fully saturated rings. The van der Waals surface area contributed by atoms with Crippen molar-refractivity contribution in [3.8, 4) is 0 Å². The van der Waals surface area contributed by atoms with Crippen LogP contribution in [-0.4, -0.2) is 58.5 Å². The van der Waals surface area contributed by atoms with Gasteiger partial charge in [-0.05, 0) is 6.42 Å². The first kappa shape index (κ1) is 15.3. The normalized spacial score (nSPS) is 36.4. The van der Waals surface area contributed by atoms with Crippen LogP contribution in [0, 0.1) is 0 Å². The maximum absolute atomic E-state index is 12.4. The van der Waals surface area contributed by atoms with Crippen LogP contribution in [0.3, 0.4) is 0 Å². The zero-order valence-electron chi connectivity index (χ0n) is 10.3. The van der Waals surface area contributed by atoms with Crippen LogP contribution < -0.4 is 5.32 Å². The molecule has 18 heavy (non-hydrogen) atoms. The zero-order valence-corrected chi connectivity index (χ0v) is 10.3. The van der Waals surface area contributed by atoms with E-state index >= 15 is 0 Å². The molecule has 1 amide bonds. The van der Waals surface area contributed by atoms with E-state index in [9.17, 15) is 19.4 Å². The second-order valence-corrected chi connectivity index (χ2v) is 4.46. The van der Waals surface area contributed by atoms with Crippen LogP contribution in [0.4, 0.5) is 9.18 Å². The number of hydrogen-bond donors (Lipinski definition) is 4. The van der Waals surface area contributed by atoms with Gasteiger partial charge in [-0.1, -0.05) is 19.8 Å². The molecule has 106 valence electrons. The maximum atomic E-state index is 12.4. The predicted octanol–water partition coefficient (Wildman–Crippen LogP) is -0.294. The molecule has 6 nitrogen and oxygen atoms in total. The molecule has 0 aromatic rings. The molecule has 0 spiro atoms. The Kier molecular flexibility index (Phi) is 5.94. The standard InChI is InChI=1S/C11H20FNO5/c1-2-3-4-6-8(13-11(12)17)10(16)9(15)7(5-14)18-6/h6-10,14-16H,2-5H2,1H3,(H,13,17)/t6-,7?,8?,9-,10+/m0/s1. The third-order valence-corrected chi connectivity index (χ3v) is 3.15. The minimum Gasteiger partial charge on any atom is -0.394 e. The molecule has 1 heterocycles. The monoisotopic (exact) mass is 265 g/mol. The fraction of sp³-hybridized carbons (Fsp3) is 0.909. The lowest BCUT2D eigenvalue weighted by Crippen LogP contribution is -2.63. The molecule has 0 radical (unpaired) electrons. The SMILES string of the molecule is CCCC[C@@H]1OC(CO)[C@H](O)[C@H](O)C1NC(=O)F. The second-order valence-electron chi connectivity index (χ2n) is 4.46. The van der Waals surface area contributed by atoms with Crippen molar-refractivity contribution in [3.63, 3.8) is 0 Å². The van der Waals surface area contributed by atoms with Gasteiger partial charge >= 0.3 is 6.16 Å². The molecule has 4 N–H and O–H groups in total. The summed E-state index contributed by atoms with van der Waals surface area (Å²) < 4.78 is 17.8. The molecule has 0 aliphatic carbocycles. The first-order valence-electron chi connectivity index (χ1n) is 6.09. The summed E-state index contributed by atoms with van der Waals surface area (Å²) >= 11 is 0. The number of hydrogen-bond acceptors (Lipinski definition) is 5. The quantitative estimate of drug-likeness (QED) is 0.404. The molecule has 0 bridgehead atoms. The van der Waals surface area contributed by atoms with Gasteiger partial charge in [-0.2, -0.15) is 0 Å². The van der Waals surface area contributed by atoms with E-state index in [1.165, 1.54) is 0 Å². The molecule has 1 saturated heterocycles. The number of aliphatic hydroxyl groups is 3. The molecule has 0 aromatic heterocycles. The Bertz CT molecular complexity index is 278. The van der Waals surface area contributed by atoms with Crippen LogP contribution in [0.2, 0.25) is 0 Å². The second kappa shape index (κ2) is 6.98. The van der Waals surface area contributed by atoms with Crippen molar-refractivity contribution in [1.29, 1.82) is 0 Å². The molecule has 1 aliphatic heterocycles. The van der Waals surface area contributed by atoms with E-state index in [1.54, 1.807) is 0 Å². The molecule has 1 aliphatic rings. The predicted molar refractivity (Wildman–Crippen MR) is 60.7 cm³/mol. The Balaban J connectivity index is 2.76. The molecule has 5 atom stereocenters. The van der Waals surface area contributed by atoms with Crippen LogP contribution in [0.1, 0.15) is 26.2 Å². The van der Waals surface area contributed by atoms with Gasteiger partial charge in [0.15, 0.2) is 0 Å². The number of nitrogens with one attached hydrogen (secondary N) is 1. The molecule has 2 unspecified atom stereocenters. The summed E-state index contributed by atoms with van der Waals surface area (Å²) in [5.41, 5.74) is 0. The van der Waals surface area contributed by atoms with Crippen molar-refractivity contribution < 1.29 is 29.2 Å². The van der Waals surface area contributed by atoms with Crippen molar-refractivity contribution in [3.05, 3.63) is 0 Å². The summed E-state index contributed by atoms with van der Waals surface area (Å²) in [6.45, 7) is 1.51. The minimum absolute atomic E-state index is 0.447. The summed E-state index contributed by atoms with van der Waals surface area (Å²) in [6, 6.07) is -1.01. The minimum atomic E-state index is -1.78. The lowest BCUT2D eigenvalue weighted by Gasteiger charge is -2.42. The van der Waals surface area contributed by atoms with E-state index in [0.29, 0.717) is 6.42 Å². The number of unbranched alkanes of at least 4 members (excludes halogenated alkanes) is 1. The molecule has 0 aromatic carbocycles. The highest BCUT2D eigenvalue weighted by Crippen LogP contribution is 2.24. The third-order valence-electron chi connectivity index (χ3n) is 3.15. The van der Waals surface area contributed by atoms with E-state index in [1.807, 2.05) is 12.2 Å². The van der Waals surface area contributed by atoms with Crippen molar-refractivity contribution >= 4 is 6.16 Å². The average molecular weight is 265 g/mol. The van der Waals surface area contributed by atoms with Crippen molar-refractivity contribution in [2.45, 2.75) is 56.6 Å². The van der Waals surface area contributed by atoms with Gasteiger partial charge in [0, 0.05) is 0 Å². The van der Waals surface area contributed by atoms with Gasteiger partial charge in [0.05, 0.1) is 18.8 Å². The number of rotatable bonds is 5. The van der Waals surface area contributed by atoms with E-state index in [4.69, 9.17) is 9.84 Å². The molecule has 0 saturated carbocycles. The van der Waals surface area contributed by atoms with Crippen LogP contribution in [-0.2, 0) is 4.74 Å². The highest BCUT2D eigenvalue weighted by atomic mass is 19.1. The van der Waals surface area contributed by atoms with Crippen LogP contribution in [0.15, 0.2) is 0 Å². The number of carbonyl (C=O) groups excluding carboxylic acids is 1. The molecular formula is C11H20FNO5. The molecule has 1 rings (SSSR count).